The number of anilines is 1. The Kier molecular flexibility index (Phi) is 3.83. The summed E-state index contributed by atoms with van der Waals surface area (Å²) in [6.07, 6.45) is 0. The SMILES string of the molecule is CC(C)S(=O)(=O)CCN1C(=O)C(=O)c2c(F)ccc(F)c21. The molecule has 1 aliphatic heterocycles. The Labute approximate surface area is 120 Å². The van der Waals surface area contributed by atoms with E-state index in [4.69, 9.17) is 0 Å². The van der Waals surface area contributed by atoms with Crippen molar-refractivity contribution in [2.75, 3.05) is 17.2 Å². The van der Waals surface area contributed by atoms with E-state index >= 15 is 0 Å². The molecule has 1 heterocycles. The van der Waals surface area contributed by atoms with Crippen LogP contribution in [-0.2, 0) is 14.6 Å². The van der Waals surface area contributed by atoms with Gasteiger partial charge in [-0.25, -0.2) is 17.2 Å². The lowest BCUT2D eigenvalue weighted by molar-refractivity contribution is -0.114. The van der Waals surface area contributed by atoms with E-state index in [1.165, 1.54) is 13.8 Å². The summed E-state index contributed by atoms with van der Waals surface area (Å²) in [4.78, 5) is 24.2. The van der Waals surface area contributed by atoms with Crippen LogP contribution in [0.3, 0.4) is 0 Å². The summed E-state index contributed by atoms with van der Waals surface area (Å²) in [6, 6.07) is 1.55. The number of hydrogen-bond donors (Lipinski definition) is 0. The van der Waals surface area contributed by atoms with Gasteiger partial charge in [0.25, 0.3) is 11.7 Å². The van der Waals surface area contributed by atoms with Crippen molar-refractivity contribution < 1.29 is 26.8 Å². The van der Waals surface area contributed by atoms with Crippen LogP contribution in [0.1, 0.15) is 24.2 Å². The number of ketones is 1. The maximum atomic E-state index is 13.8. The van der Waals surface area contributed by atoms with Crippen molar-refractivity contribution in [3.8, 4) is 0 Å². The lowest BCUT2D eigenvalue weighted by Crippen LogP contribution is -2.36. The Morgan fingerprint density at radius 2 is 1.71 bits per heavy atom. The predicted molar refractivity (Wildman–Crippen MR) is 72.0 cm³/mol. The lowest BCUT2D eigenvalue weighted by atomic mass is 10.1. The van der Waals surface area contributed by atoms with Gasteiger partial charge in [0.2, 0.25) is 0 Å². The number of halogens is 2. The van der Waals surface area contributed by atoms with Gasteiger partial charge in [-0.05, 0) is 26.0 Å². The largest absolute Gasteiger partial charge is 0.301 e. The molecule has 1 aromatic rings. The van der Waals surface area contributed by atoms with Crippen molar-refractivity contribution in [2.24, 2.45) is 0 Å². The first-order chi connectivity index (χ1) is 9.66. The molecule has 0 saturated heterocycles. The summed E-state index contributed by atoms with van der Waals surface area (Å²) in [5.41, 5.74) is -1.12. The Morgan fingerprint density at radius 1 is 1.14 bits per heavy atom. The third-order valence-electron chi connectivity index (χ3n) is 3.33. The molecule has 0 aliphatic carbocycles. The molecule has 0 fully saturated rings. The van der Waals surface area contributed by atoms with Gasteiger partial charge < -0.3 is 4.90 Å². The Hall–Kier alpha value is -1.83. The van der Waals surface area contributed by atoms with Crippen LogP contribution in [0.5, 0.6) is 0 Å². The van der Waals surface area contributed by atoms with Gasteiger partial charge in [-0.2, -0.15) is 0 Å². The summed E-state index contributed by atoms with van der Waals surface area (Å²) < 4.78 is 50.9. The van der Waals surface area contributed by atoms with E-state index in [0.717, 1.165) is 12.1 Å². The summed E-state index contributed by atoms with van der Waals surface area (Å²) in [6.45, 7) is 2.55. The monoisotopic (exact) mass is 317 g/mol. The Morgan fingerprint density at radius 3 is 2.29 bits per heavy atom. The molecule has 0 unspecified atom stereocenters. The van der Waals surface area contributed by atoms with Crippen LogP contribution in [0.25, 0.3) is 0 Å². The average molecular weight is 317 g/mol. The molecule has 0 aromatic heterocycles. The number of Topliss-reactive ketones (excluding diaryl/α,β-unsaturated/α-hetero) is 1. The Balaban J connectivity index is 2.39. The number of hydrogen-bond acceptors (Lipinski definition) is 4. The molecule has 0 radical (unpaired) electrons. The lowest BCUT2D eigenvalue weighted by Gasteiger charge is -2.17. The molecule has 1 amide bonds. The molecule has 21 heavy (non-hydrogen) atoms. The standard InChI is InChI=1S/C13H13F2NO4S/c1-7(2)21(19,20)6-5-16-11-9(15)4-3-8(14)10(11)12(17)13(16)18/h3-4,7H,5-6H2,1-2H3. The van der Waals surface area contributed by atoms with Crippen molar-refractivity contribution in [3.05, 3.63) is 29.3 Å². The van der Waals surface area contributed by atoms with Crippen molar-refractivity contribution in [3.63, 3.8) is 0 Å². The maximum absolute atomic E-state index is 13.8. The van der Waals surface area contributed by atoms with Crippen LogP contribution in [0.2, 0.25) is 0 Å². The zero-order valence-electron chi connectivity index (χ0n) is 11.4. The maximum Gasteiger partial charge on any atom is 0.299 e. The average Bonchev–Trinajstić information content (AvgIpc) is 2.66. The number of nitrogens with zero attached hydrogens (tertiary/aromatic N) is 1. The second-order valence-electron chi connectivity index (χ2n) is 4.95. The zero-order valence-corrected chi connectivity index (χ0v) is 12.2. The number of rotatable bonds is 4. The second-order valence-corrected chi connectivity index (χ2v) is 7.63. The minimum atomic E-state index is -3.47. The smallest absolute Gasteiger partial charge is 0.299 e. The molecule has 0 bridgehead atoms. The molecule has 0 saturated carbocycles. The van der Waals surface area contributed by atoms with Crippen LogP contribution in [0, 0.1) is 11.6 Å². The normalized spacial score (nSPS) is 15.0. The van der Waals surface area contributed by atoms with Gasteiger partial charge in [0, 0.05) is 6.54 Å². The highest BCUT2D eigenvalue weighted by Crippen LogP contribution is 2.33. The van der Waals surface area contributed by atoms with Gasteiger partial charge in [0.05, 0.1) is 22.3 Å². The van der Waals surface area contributed by atoms with Gasteiger partial charge in [-0.1, -0.05) is 0 Å². The molecule has 0 spiro atoms. The molecule has 2 rings (SSSR count). The predicted octanol–water partition coefficient (Wildman–Crippen LogP) is 1.32. The third-order valence-corrected chi connectivity index (χ3v) is 5.52. The molecule has 1 aliphatic rings. The second kappa shape index (κ2) is 5.18. The fourth-order valence-corrected chi connectivity index (χ4v) is 2.93. The quantitative estimate of drug-likeness (QED) is 0.785. The number of benzene rings is 1. The van der Waals surface area contributed by atoms with E-state index in [2.05, 4.69) is 0 Å². The third kappa shape index (κ3) is 2.55. The minimum Gasteiger partial charge on any atom is -0.301 e. The first-order valence-corrected chi connectivity index (χ1v) is 7.94. The summed E-state index contributed by atoms with van der Waals surface area (Å²) in [5.74, 6) is -4.65. The van der Waals surface area contributed by atoms with E-state index in [0.29, 0.717) is 4.90 Å². The fraction of sp³-hybridized carbons (Fsp3) is 0.385. The number of fused-ring (bicyclic) bond motifs is 1. The highest BCUT2D eigenvalue weighted by Gasteiger charge is 2.40. The van der Waals surface area contributed by atoms with Gasteiger partial charge in [0.1, 0.15) is 11.6 Å². The topological polar surface area (TPSA) is 71.5 Å². The van der Waals surface area contributed by atoms with E-state index < -0.39 is 62.0 Å². The summed E-state index contributed by atoms with van der Waals surface area (Å²) in [5, 5.41) is -0.664. The molecular formula is C13H13F2NO4S. The summed E-state index contributed by atoms with van der Waals surface area (Å²) in [7, 11) is -3.47. The van der Waals surface area contributed by atoms with Crippen LogP contribution < -0.4 is 4.90 Å². The van der Waals surface area contributed by atoms with Gasteiger partial charge in [-0.15, -0.1) is 0 Å². The molecule has 5 nitrogen and oxygen atoms in total. The molecule has 8 heteroatoms. The minimum absolute atomic E-state index is 0.390. The molecule has 114 valence electrons. The Bertz CT molecular complexity index is 728. The molecule has 1 aromatic carbocycles. The van der Waals surface area contributed by atoms with Crippen molar-refractivity contribution >= 4 is 27.2 Å². The van der Waals surface area contributed by atoms with Gasteiger partial charge in [-0.3, -0.25) is 9.59 Å². The van der Waals surface area contributed by atoms with Crippen molar-refractivity contribution in [2.45, 2.75) is 19.1 Å². The van der Waals surface area contributed by atoms with Crippen LogP contribution in [-0.4, -0.2) is 37.7 Å². The van der Waals surface area contributed by atoms with Crippen LogP contribution >= 0.6 is 0 Å². The fourth-order valence-electron chi connectivity index (χ4n) is 2.02. The molecule has 0 N–H and O–H groups in total. The number of sulfone groups is 1. The first-order valence-electron chi connectivity index (χ1n) is 6.22. The van der Waals surface area contributed by atoms with Crippen LogP contribution in [0.15, 0.2) is 12.1 Å². The van der Waals surface area contributed by atoms with Crippen molar-refractivity contribution in [1.29, 1.82) is 0 Å². The molecule has 0 atom stereocenters. The number of carbonyl (C=O) groups excluding carboxylic acids is 2. The number of carbonyl (C=O) groups is 2. The van der Waals surface area contributed by atoms with Gasteiger partial charge in [0.15, 0.2) is 9.84 Å². The van der Waals surface area contributed by atoms with E-state index in [-0.39, 0.29) is 0 Å². The summed E-state index contributed by atoms with van der Waals surface area (Å²) >= 11 is 0. The van der Waals surface area contributed by atoms with Gasteiger partial charge >= 0.3 is 0 Å². The van der Waals surface area contributed by atoms with Crippen LogP contribution in [0.4, 0.5) is 14.5 Å². The zero-order chi connectivity index (χ0) is 15.9. The van der Waals surface area contributed by atoms with Crippen molar-refractivity contribution in [1.82, 2.24) is 0 Å². The molecular weight excluding hydrogens is 304 g/mol. The van der Waals surface area contributed by atoms with E-state index in [1.807, 2.05) is 0 Å². The highest BCUT2D eigenvalue weighted by atomic mass is 32.2. The number of amides is 1. The highest BCUT2D eigenvalue weighted by molar-refractivity contribution is 7.92. The first kappa shape index (κ1) is 15.6. The van der Waals surface area contributed by atoms with E-state index in [9.17, 15) is 26.8 Å². The van der Waals surface area contributed by atoms with E-state index in [1.54, 1.807) is 0 Å².